The molecular formula is C15H10F2N6S. The molecule has 120 valence electrons. The van der Waals surface area contributed by atoms with Crippen LogP contribution in [0.3, 0.4) is 0 Å². The van der Waals surface area contributed by atoms with E-state index in [1.165, 1.54) is 11.8 Å². The van der Waals surface area contributed by atoms with E-state index in [9.17, 15) is 8.78 Å². The number of tetrazole rings is 1. The highest BCUT2D eigenvalue weighted by Crippen LogP contribution is 2.24. The molecule has 0 aliphatic heterocycles. The molecule has 9 heteroatoms. The van der Waals surface area contributed by atoms with Gasteiger partial charge >= 0.3 is 0 Å². The zero-order valence-corrected chi connectivity index (χ0v) is 13.0. The molecule has 0 amide bonds. The van der Waals surface area contributed by atoms with Crippen LogP contribution in [0.1, 0.15) is 5.82 Å². The second kappa shape index (κ2) is 6.00. The van der Waals surface area contributed by atoms with Crippen LogP contribution in [0.15, 0.2) is 47.6 Å². The Morgan fingerprint density at radius 2 is 1.88 bits per heavy atom. The third-order valence-corrected chi connectivity index (χ3v) is 4.24. The number of benzene rings is 2. The zero-order chi connectivity index (χ0) is 16.5. The van der Waals surface area contributed by atoms with E-state index in [2.05, 4.69) is 25.5 Å². The summed E-state index contributed by atoms with van der Waals surface area (Å²) in [5.74, 6) is -0.731. The van der Waals surface area contributed by atoms with Gasteiger partial charge in [0.2, 0.25) is 0 Å². The number of para-hydroxylation sites is 1. The number of hydrogen-bond acceptors (Lipinski definition) is 5. The molecule has 0 bridgehead atoms. The van der Waals surface area contributed by atoms with Crippen LogP contribution in [-0.4, -0.2) is 30.2 Å². The van der Waals surface area contributed by atoms with Gasteiger partial charge in [0.25, 0.3) is 0 Å². The molecule has 1 N–H and O–H groups in total. The van der Waals surface area contributed by atoms with Crippen molar-refractivity contribution in [1.82, 2.24) is 30.2 Å². The van der Waals surface area contributed by atoms with E-state index in [1.807, 2.05) is 30.3 Å². The van der Waals surface area contributed by atoms with Gasteiger partial charge < -0.3 is 4.98 Å². The van der Waals surface area contributed by atoms with Crippen LogP contribution in [0, 0.1) is 11.6 Å². The third kappa shape index (κ3) is 2.73. The van der Waals surface area contributed by atoms with Crippen LogP contribution < -0.4 is 0 Å². The molecular weight excluding hydrogens is 334 g/mol. The van der Waals surface area contributed by atoms with Crippen molar-refractivity contribution in [2.45, 2.75) is 10.9 Å². The predicted octanol–water partition coefficient (Wildman–Crippen LogP) is 3.11. The molecule has 2 heterocycles. The minimum atomic E-state index is -0.918. The summed E-state index contributed by atoms with van der Waals surface area (Å²) in [6.07, 6.45) is 0. The summed E-state index contributed by atoms with van der Waals surface area (Å²) in [4.78, 5) is 7.19. The molecule has 4 rings (SSSR count). The maximum absolute atomic E-state index is 13.2. The van der Waals surface area contributed by atoms with Crippen molar-refractivity contribution < 1.29 is 8.78 Å². The molecule has 6 nitrogen and oxygen atoms in total. The Balaban J connectivity index is 1.57. The fourth-order valence-electron chi connectivity index (χ4n) is 2.25. The van der Waals surface area contributed by atoms with Gasteiger partial charge in [0.15, 0.2) is 22.6 Å². The second-order valence-electron chi connectivity index (χ2n) is 4.96. The number of hydrogen-bond donors (Lipinski definition) is 1. The average molecular weight is 344 g/mol. The summed E-state index contributed by atoms with van der Waals surface area (Å²) < 4.78 is 28.1. The molecule has 0 saturated heterocycles. The van der Waals surface area contributed by atoms with Gasteiger partial charge in [-0.25, -0.2) is 13.8 Å². The number of aromatic amines is 1. The van der Waals surface area contributed by atoms with Crippen molar-refractivity contribution in [3.05, 3.63) is 59.9 Å². The van der Waals surface area contributed by atoms with Gasteiger partial charge in [-0.2, -0.15) is 4.68 Å². The SMILES string of the molecule is Fc1cc2nc(SCc3nnnn3-c3ccccc3)[nH]c2cc1F. The van der Waals surface area contributed by atoms with Crippen molar-refractivity contribution in [1.29, 1.82) is 0 Å². The Kier molecular flexibility index (Phi) is 3.69. The van der Waals surface area contributed by atoms with Crippen molar-refractivity contribution in [2.24, 2.45) is 0 Å². The smallest absolute Gasteiger partial charge is 0.167 e. The van der Waals surface area contributed by atoms with Crippen LogP contribution in [0.4, 0.5) is 8.78 Å². The number of fused-ring (bicyclic) bond motifs is 1. The molecule has 0 unspecified atom stereocenters. The Morgan fingerprint density at radius 1 is 1.08 bits per heavy atom. The third-order valence-electron chi connectivity index (χ3n) is 3.38. The highest BCUT2D eigenvalue weighted by molar-refractivity contribution is 7.98. The standard InChI is InChI=1S/C15H10F2N6S/c16-10-6-12-13(7-11(10)17)19-15(18-12)24-8-14-20-21-22-23(14)9-4-2-1-3-5-9/h1-7H,8H2,(H,18,19). The Bertz CT molecular complexity index is 959. The van der Waals surface area contributed by atoms with Crippen molar-refractivity contribution in [2.75, 3.05) is 0 Å². The first kappa shape index (κ1) is 14.8. The molecule has 0 saturated carbocycles. The lowest BCUT2D eigenvalue weighted by Crippen LogP contribution is -2.01. The average Bonchev–Trinajstić information content (AvgIpc) is 3.20. The molecule has 0 fully saturated rings. The van der Waals surface area contributed by atoms with Gasteiger partial charge in [-0.05, 0) is 22.6 Å². The lowest BCUT2D eigenvalue weighted by Gasteiger charge is -2.02. The summed E-state index contributed by atoms with van der Waals surface area (Å²) in [7, 11) is 0. The molecule has 0 radical (unpaired) electrons. The number of nitrogens with zero attached hydrogens (tertiary/aromatic N) is 5. The first-order valence-corrected chi connectivity index (χ1v) is 7.99. The Morgan fingerprint density at radius 3 is 2.71 bits per heavy atom. The van der Waals surface area contributed by atoms with E-state index in [1.54, 1.807) is 4.68 Å². The van der Waals surface area contributed by atoms with Gasteiger partial charge in [0.1, 0.15) is 0 Å². The van der Waals surface area contributed by atoms with Crippen LogP contribution >= 0.6 is 11.8 Å². The number of thioether (sulfide) groups is 1. The zero-order valence-electron chi connectivity index (χ0n) is 12.1. The minimum Gasteiger partial charge on any atom is -0.333 e. The fraction of sp³-hybridized carbons (Fsp3) is 0.0667. The minimum absolute atomic E-state index is 0.374. The first-order valence-electron chi connectivity index (χ1n) is 7.01. The number of imidazole rings is 1. The Labute approximate surface area is 138 Å². The maximum Gasteiger partial charge on any atom is 0.167 e. The van der Waals surface area contributed by atoms with Gasteiger partial charge in [0, 0.05) is 12.1 Å². The molecule has 0 spiro atoms. The fourth-order valence-corrected chi connectivity index (χ4v) is 3.04. The van der Waals surface area contributed by atoms with Gasteiger partial charge in [0.05, 0.1) is 22.5 Å². The molecule has 0 atom stereocenters. The van der Waals surface area contributed by atoms with Crippen molar-refractivity contribution in [3.8, 4) is 5.69 Å². The lowest BCUT2D eigenvalue weighted by atomic mass is 10.3. The van der Waals surface area contributed by atoms with E-state index in [0.717, 1.165) is 17.8 Å². The lowest BCUT2D eigenvalue weighted by molar-refractivity contribution is 0.510. The van der Waals surface area contributed by atoms with Crippen molar-refractivity contribution >= 4 is 22.8 Å². The summed E-state index contributed by atoms with van der Waals surface area (Å²) in [5.41, 5.74) is 1.67. The highest BCUT2D eigenvalue weighted by Gasteiger charge is 2.12. The summed E-state index contributed by atoms with van der Waals surface area (Å²) in [6.45, 7) is 0. The van der Waals surface area contributed by atoms with Crippen LogP contribution in [0.5, 0.6) is 0 Å². The number of nitrogens with one attached hydrogen (secondary N) is 1. The summed E-state index contributed by atoms with van der Waals surface area (Å²) >= 11 is 1.35. The van der Waals surface area contributed by atoms with E-state index in [0.29, 0.717) is 27.8 Å². The normalized spacial score (nSPS) is 11.2. The van der Waals surface area contributed by atoms with Crippen molar-refractivity contribution in [3.63, 3.8) is 0 Å². The van der Waals surface area contributed by atoms with E-state index in [-0.39, 0.29) is 0 Å². The quantitative estimate of drug-likeness (QED) is 0.576. The van der Waals surface area contributed by atoms with Gasteiger partial charge in [-0.3, -0.25) is 0 Å². The van der Waals surface area contributed by atoms with Crippen LogP contribution in [-0.2, 0) is 5.75 Å². The van der Waals surface area contributed by atoms with E-state index < -0.39 is 11.6 Å². The summed E-state index contributed by atoms with van der Waals surface area (Å²) in [6, 6.07) is 11.7. The second-order valence-corrected chi connectivity index (χ2v) is 5.92. The maximum atomic E-state index is 13.2. The number of halogens is 2. The van der Waals surface area contributed by atoms with Gasteiger partial charge in [-0.15, -0.1) is 5.10 Å². The molecule has 2 aromatic heterocycles. The van der Waals surface area contributed by atoms with Crippen LogP contribution in [0.25, 0.3) is 16.7 Å². The number of rotatable bonds is 4. The van der Waals surface area contributed by atoms with Gasteiger partial charge in [-0.1, -0.05) is 30.0 Å². The molecule has 0 aliphatic rings. The van der Waals surface area contributed by atoms with E-state index >= 15 is 0 Å². The summed E-state index contributed by atoms with van der Waals surface area (Å²) in [5, 5.41) is 12.2. The molecule has 4 aromatic rings. The van der Waals surface area contributed by atoms with Crippen LogP contribution in [0.2, 0.25) is 0 Å². The Hall–Kier alpha value is -2.81. The molecule has 0 aliphatic carbocycles. The molecule has 24 heavy (non-hydrogen) atoms. The molecule has 2 aromatic carbocycles. The van der Waals surface area contributed by atoms with E-state index in [4.69, 9.17) is 0 Å². The topological polar surface area (TPSA) is 72.3 Å². The largest absolute Gasteiger partial charge is 0.333 e. The predicted molar refractivity (Wildman–Crippen MR) is 84.7 cm³/mol. The number of aromatic nitrogens is 6. The first-order chi connectivity index (χ1) is 11.7. The highest BCUT2D eigenvalue weighted by atomic mass is 32.2. The monoisotopic (exact) mass is 344 g/mol. The number of H-pyrrole nitrogens is 1.